The Morgan fingerprint density at radius 1 is 1.30 bits per heavy atom. The summed E-state index contributed by atoms with van der Waals surface area (Å²) >= 11 is 0. The molecule has 1 heterocycles. The molecule has 0 spiro atoms. The summed E-state index contributed by atoms with van der Waals surface area (Å²) in [4.78, 5) is 0. The SMILES string of the molecule is Cc1ccc(OCc2nnc(C)n2C)c(CC(C)N)c1. The zero-order chi connectivity index (χ0) is 14.7. The number of aromatic nitrogens is 3. The molecule has 0 saturated heterocycles. The smallest absolute Gasteiger partial charge is 0.170 e. The molecule has 0 radical (unpaired) electrons. The number of nitrogens with two attached hydrogens (primary N) is 1. The molecular weight excluding hydrogens is 252 g/mol. The molecule has 1 atom stereocenters. The first-order chi connectivity index (χ1) is 9.47. The van der Waals surface area contributed by atoms with Gasteiger partial charge < -0.3 is 15.0 Å². The van der Waals surface area contributed by atoms with Crippen LogP contribution in [-0.4, -0.2) is 20.8 Å². The third-order valence-electron chi connectivity index (χ3n) is 3.30. The lowest BCUT2D eigenvalue weighted by molar-refractivity contribution is 0.287. The van der Waals surface area contributed by atoms with Crippen molar-refractivity contribution in [2.24, 2.45) is 12.8 Å². The Bertz CT molecular complexity index is 590. The minimum atomic E-state index is 0.108. The lowest BCUT2D eigenvalue weighted by Crippen LogP contribution is -2.18. The Morgan fingerprint density at radius 2 is 2.05 bits per heavy atom. The van der Waals surface area contributed by atoms with Crippen LogP contribution in [0.5, 0.6) is 5.75 Å². The van der Waals surface area contributed by atoms with Crippen molar-refractivity contribution in [1.29, 1.82) is 0 Å². The third-order valence-corrected chi connectivity index (χ3v) is 3.30. The highest BCUT2D eigenvalue weighted by Gasteiger charge is 2.10. The molecule has 1 aromatic heterocycles. The van der Waals surface area contributed by atoms with Gasteiger partial charge in [0, 0.05) is 13.1 Å². The lowest BCUT2D eigenvalue weighted by atomic mass is 10.0. The molecule has 0 aliphatic rings. The predicted octanol–water partition coefficient (Wildman–Crippen LogP) is 1.90. The molecule has 5 heteroatoms. The molecule has 0 aliphatic carbocycles. The Hall–Kier alpha value is -1.88. The van der Waals surface area contributed by atoms with Crippen LogP contribution in [0.3, 0.4) is 0 Å². The van der Waals surface area contributed by atoms with Crippen LogP contribution in [0.4, 0.5) is 0 Å². The van der Waals surface area contributed by atoms with E-state index in [2.05, 4.69) is 23.2 Å². The second kappa shape index (κ2) is 6.05. The van der Waals surface area contributed by atoms with Gasteiger partial charge in [0.15, 0.2) is 5.82 Å². The van der Waals surface area contributed by atoms with Crippen LogP contribution in [-0.2, 0) is 20.1 Å². The molecule has 20 heavy (non-hydrogen) atoms. The summed E-state index contributed by atoms with van der Waals surface area (Å²) in [7, 11) is 1.94. The number of hydrogen-bond acceptors (Lipinski definition) is 4. The van der Waals surface area contributed by atoms with Gasteiger partial charge in [0.1, 0.15) is 18.2 Å². The van der Waals surface area contributed by atoms with E-state index in [1.54, 1.807) is 0 Å². The van der Waals surface area contributed by atoms with E-state index in [1.165, 1.54) is 5.56 Å². The van der Waals surface area contributed by atoms with E-state index in [0.29, 0.717) is 6.61 Å². The van der Waals surface area contributed by atoms with Crippen LogP contribution in [0, 0.1) is 13.8 Å². The highest BCUT2D eigenvalue weighted by Crippen LogP contribution is 2.22. The van der Waals surface area contributed by atoms with Crippen molar-refractivity contribution < 1.29 is 4.74 Å². The Balaban J connectivity index is 2.14. The van der Waals surface area contributed by atoms with Crippen molar-refractivity contribution >= 4 is 0 Å². The van der Waals surface area contributed by atoms with E-state index in [4.69, 9.17) is 10.5 Å². The molecule has 0 fully saturated rings. The molecule has 0 amide bonds. The Morgan fingerprint density at radius 3 is 2.65 bits per heavy atom. The second-order valence-electron chi connectivity index (χ2n) is 5.30. The van der Waals surface area contributed by atoms with Gasteiger partial charge in [-0.1, -0.05) is 17.7 Å². The predicted molar refractivity (Wildman–Crippen MR) is 78.6 cm³/mol. The van der Waals surface area contributed by atoms with Gasteiger partial charge in [-0.25, -0.2) is 0 Å². The summed E-state index contributed by atoms with van der Waals surface area (Å²) in [6, 6.07) is 6.27. The van der Waals surface area contributed by atoms with E-state index >= 15 is 0 Å². The zero-order valence-electron chi connectivity index (χ0n) is 12.6. The number of hydrogen-bond donors (Lipinski definition) is 1. The first-order valence-corrected chi connectivity index (χ1v) is 6.80. The van der Waals surface area contributed by atoms with Crippen molar-refractivity contribution in [2.45, 2.75) is 39.8 Å². The fourth-order valence-corrected chi connectivity index (χ4v) is 2.07. The van der Waals surface area contributed by atoms with Crippen molar-refractivity contribution in [3.8, 4) is 5.75 Å². The minimum absolute atomic E-state index is 0.108. The molecule has 0 saturated carbocycles. The fraction of sp³-hybridized carbons (Fsp3) is 0.467. The van der Waals surface area contributed by atoms with Gasteiger partial charge in [-0.2, -0.15) is 0 Å². The van der Waals surface area contributed by atoms with Gasteiger partial charge in [0.05, 0.1) is 0 Å². The van der Waals surface area contributed by atoms with Gasteiger partial charge in [-0.15, -0.1) is 10.2 Å². The zero-order valence-corrected chi connectivity index (χ0v) is 12.6. The maximum absolute atomic E-state index is 5.90. The molecule has 1 aromatic carbocycles. The number of benzene rings is 1. The highest BCUT2D eigenvalue weighted by molar-refractivity contribution is 5.37. The van der Waals surface area contributed by atoms with E-state index in [0.717, 1.165) is 29.4 Å². The largest absolute Gasteiger partial charge is 0.485 e. The number of nitrogens with zero attached hydrogens (tertiary/aromatic N) is 3. The summed E-state index contributed by atoms with van der Waals surface area (Å²) < 4.78 is 7.82. The first-order valence-electron chi connectivity index (χ1n) is 6.80. The van der Waals surface area contributed by atoms with Crippen molar-refractivity contribution in [1.82, 2.24) is 14.8 Å². The van der Waals surface area contributed by atoms with Crippen LogP contribution in [0.25, 0.3) is 0 Å². The summed E-state index contributed by atoms with van der Waals surface area (Å²) in [6.45, 7) is 6.40. The van der Waals surface area contributed by atoms with Crippen LogP contribution in [0.15, 0.2) is 18.2 Å². The average Bonchev–Trinajstić information content (AvgIpc) is 2.69. The molecule has 1 unspecified atom stereocenters. The molecule has 2 aromatic rings. The van der Waals surface area contributed by atoms with Crippen molar-refractivity contribution in [3.63, 3.8) is 0 Å². The third kappa shape index (κ3) is 3.36. The van der Waals surface area contributed by atoms with Crippen LogP contribution in [0.2, 0.25) is 0 Å². The summed E-state index contributed by atoms with van der Waals surface area (Å²) in [5.74, 6) is 2.56. The second-order valence-corrected chi connectivity index (χ2v) is 5.30. The molecule has 0 bridgehead atoms. The highest BCUT2D eigenvalue weighted by atomic mass is 16.5. The summed E-state index contributed by atoms with van der Waals surface area (Å²) in [5.41, 5.74) is 8.24. The lowest BCUT2D eigenvalue weighted by Gasteiger charge is -2.13. The van der Waals surface area contributed by atoms with E-state index in [1.807, 2.05) is 37.6 Å². The minimum Gasteiger partial charge on any atom is -0.485 e. The fourth-order valence-electron chi connectivity index (χ4n) is 2.07. The maximum atomic E-state index is 5.90. The molecule has 0 aliphatic heterocycles. The standard InChI is InChI=1S/C15H22N4O/c1-10-5-6-14(13(7-10)8-11(2)16)20-9-15-18-17-12(3)19(15)4/h5-7,11H,8-9,16H2,1-4H3. The maximum Gasteiger partial charge on any atom is 0.170 e. The Labute approximate surface area is 119 Å². The van der Waals surface area contributed by atoms with E-state index < -0.39 is 0 Å². The van der Waals surface area contributed by atoms with Crippen molar-refractivity contribution in [3.05, 3.63) is 41.0 Å². The van der Waals surface area contributed by atoms with Crippen LogP contribution < -0.4 is 10.5 Å². The quantitative estimate of drug-likeness (QED) is 0.904. The normalized spacial score (nSPS) is 12.4. The molecule has 2 N–H and O–H groups in total. The molecule has 108 valence electrons. The van der Waals surface area contributed by atoms with E-state index in [9.17, 15) is 0 Å². The topological polar surface area (TPSA) is 66.0 Å². The molecule has 2 rings (SSSR count). The number of aryl methyl sites for hydroxylation is 2. The van der Waals surface area contributed by atoms with Crippen LogP contribution in [0.1, 0.15) is 29.7 Å². The summed E-state index contributed by atoms with van der Waals surface area (Å²) in [6.07, 6.45) is 0.800. The van der Waals surface area contributed by atoms with Gasteiger partial charge in [0.2, 0.25) is 0 Å². The first kappa shape index (κ1) is 14.5. The van der Waals surface area contributed by atoms with Gasteiger partial charge in [-0.3, -0.25) is 0 Å². The van der Waals surface area contributed by atoms with Gasteiger partial charge in [0.25, 0.3) is 0 Å². The molecule has 5 nitrogen and oxygen atoms in total. The van der Waals surface area contributed by atoms with Gasteiger partial charge in [-0.05, 0) is 38.8 Å². The number of rotatable bonds is 5. The average molecular weight is 274 g/mol. The van der Waals surface area contributed by atoms with E-state index in [-0.39, 0.29) is 6.04 Å². The monoisotopic (exact) mass is 274 g/mol. The molecular formula is C15H22N4O. The van der Waals surface area contributed by atoms with Crippen molar-refractivity contribution in [2.75, 3.05) is 0 Å². The summed E-state index contributed by atoms with van der Waals surface area (Å²) in [5, 5.41) is 8.13. The van der Waals surface area contributed by atoms with Crippen LogP contribution >= 0.6 is 0 Å². The Kier molecular flexibility index (Phi) is 4.39. The van der Waals surface area contributed by atoms with Gasteiger partial charge >= 0.3 is 0 Å². The number of ether oxygens (including phenoxy) is 1.